The number of amides is 3. The van der Waals surface area contributed by atoms with Gasteiger partial charge in [0.05, 0.1) is 17.6 Å². The Morgan fingerprint density at radius 3 is 2.31 bits per heavy atom. The molecule has 0 radical (unpaired) electrons. The van der Waals surface area contributed by atoms with E-state index in [9.17, 15) is 9.59 Å². The first kappa shape index (κ1) is 20.1. The van der Waals surface area contributed by atoms with Gasteiger partial charge >= 0.3 is 6.03 Å². The van der Waals surface area contributed by atoms with E-state index in [-0.39, 0.29) is 24.4 Å². The van der Waals surface area contributed by atoms with E-state index in [0.29, 0.717) is 29.4 Å². The molecule has 2 aromatic carbocycles. The Morgan fingerprint density at radius 1 is 0.966 bits per heavy atom. The van der Waals surface area contributed by atoms with Gasteiger partial charge in [-0.25, -0.2) is 9.78 Å². The number of nitrogens with zero attached hydrogens (tertiary/aromatic N) is 1. The number of hydrogen-bond donors (Lipinski definition) is 3. The lowest BCUT2D eigenvalue weighted by Gasteiger charge is -2.14. The average Bonchev–Trinajstić information content (AvgIpc) is 3.17. The lowest BCUT2D eigenvalue weighted by atomic mass is 10.2. The van der Waals surface area contributed by atoms with Crippen molar-refractivity contribution in [2.75, 3.05) is 10.6 Å². The Labute approximate surface area is 169 Å². The van der Waals surface area contributed by atoms with Crippen molar-refractivity contribution in [2.24, 2.45) is 0 Å². The van der Waals surface area contributed by atoms with E-state index in [1.807, 2.05) is 44.2 Å². The third-order valence-corrected chi connectivity index (χ3v) is 4.05. The molecule has 3 N–H and O–H groups in total. The Hall–Kier alpha value is -3.61. The largest absolute Gasteiger partial charge is 0.441 e. The summed E-state index contributed by atoms with van der Waals surface area (Å²) >= 11 is 0. The highest BCUT2D eigenvalue weighted by molar-refractivity contribution is 5.99. The van der Waals surface area contributed by atoms with Crippen molar-refractivity contribution in [3.63, 3.8) is 0 Å². The maximum absolute atomic E-state index is 12.4. The van der Waals surface area contributed by atoms with Crippen molar-refractivity contribution in [1.82, 2.24) is 10.3 Å². The van der Waals surface area contributed by atoms with Crippen LogP contribution in [0, 0.1) is 0 Å². The highest BCUT2D eigenvalue weighted by Crippen LogP contribution is 2.22. The van der Waals surface area contributed by atoms with Gasteiger partial charge in [-0.3, -0.25) is 4.79 Å². The van der Waals surface area contributed by atoms with E-state index in [2.05, 4.69) is 20.9 Å². The summed E-state index contributed by atoms with van der Waals surface area (Å²) in [5, 5.41) is 8.32. The number of hydrogen-bond acceptors (Lipinski definition) is 4. The molecule has 0 bridgehead atoms. The van der Waals surface area contributed by atoms with Crippen molar-refractivity contribution in [3.05, 3.63) is 66.7 Å². The Balaban J connectivity index is 1.56. The van der Waals surface area contributed by atoms with Crippen LogP contribution in [0.5, 0.6) is 0 Å². The number of aryl methyl sites for hydroxylation is 1. The second-order valence-corrected chi connectivity index (χ2v) is 6.83. The lowest BCUT2D eigenvalue weighted by Crippen LogP contribution is -2.34. The minimum absolute atomic E-state index is 0.0123. The zero-order chi connectivity index (χ0) is 20.6. The zero-order valence-corrected chi connectivity index (χ0v) is 16.4. The summed E-state index contributed by atoms with van der Waals surface area (Å²) < 4.78 is 5.73. The first-order valence-electron chi connectivity index (χ1n) is 9.48. The van der Waals surface area contributed by atoms with Crippen molar-refractivity contribution < 1.29 is 14.0 Å². The van der Waals surface area contributed by atoms with Gasteiger partial charge in [0.2, 0.25) is 5.91 Å². The summed E-state index contributed by atoms with van der Waals surface area (Å²) in [6.07, 6.45) is 2.25. The fourth-order valence-electron chi connectivity index (χ4n) is 2.72. The molecule has 7 nitrogen and oxygen atoms in total. The van der Waals surface area contributed by atoms with Crippen LogP contribution < -0.4 is 16.0 Å². The molecule has 0 aliphatic rings. The predicted octanol–water partition coefficient (Wildman–Crippen LogP) is 4.44. The number of nitrogens with one attached hydrogen (secondary N) is 3. The number of rotatable bonds is 7. The van der Waals surface area contributed by atoms with Crippen LogP contribution in [0.15, 0.2) is 65.2 Å². The van der Waals surface area contributed by atoms with E-state index in [0.717, 1.165) is 5.56 Å². The van der Waals surface area contributed by atoms with E-state index < -0.39 is 0 Å². The Morgan fingerprint density at radius 2 is 1.62 bits per heavy atom. The zero-order valence-electron chi connectivity index (χ0n) is 16.4. The molecule has 0 spiro atoms. The minimum Gasteiger partial charge on any atom is -0.441 e. The van der Waals surface area contributed by atoms with Crippen LogP contribution >= 0.6 is 0 Å². The van der Waals surface area contributed by atoms with Gasteiger partial charge in [-0.05, 0) is 26.0 Å². The van der Waals surface area contributed by atoms with Crippen molar-refractivity contribution in [1.29, 1.82) is 0 Å². The molecular formula is C22H24N4O3. The quantitative estimate of drug-likeness (QED) is 0.554. The van der Waals surface area contributed by atoms with Gasteiger partial charge in [-0.1, -0.05) is 42.5 Å². The molecule has 0 aliphatic heterocycles. The fraction of sp³-hybridized carbons (Fsp3) is 0.227. The van der Waals surface area contributed by atoms with Crippen LogP contribution in [0.25, 0.3) is 11.3 Å². The van der Waals surface area contributed by atoms with Crippen LogP contribution in [0.2, 0.25) is 0 Å². The van der Waals surface area contributed by atoms with Gasteiger partial charge in [-0.2, -0.15) is 0 Å². The Bertz CT molecular complexity index is 967. The SMILES string of the molecule is CC(C)NC(=O)Nc1ccccc1NC(=O)CCc1ncc(-c2ccccc2)o1. The van der Waals surface area contributed by atoms with Gasteiger partial charge in [-0.15, -0.1) is 0 Å². The van der Waals surface area contributed by atoms with Gasteiger partial charge in [0.15, 0.2) is 11.7 Å². The van der Waals surface area contributed by atoms with Crippen molar-refractivity contribution in [2.45, 2.75) is 32.7 Å². The van der Waals surface area contributed by atoms with E-state index in [1.54, 1.807) is 30.5 Å². The molecule has 150 valence electrons. The number of carbonyl (C=O) groups excluding carboxylic acids is 2. The highest BCUT2D eigenvalue weighted by Gasteiger charge is 2.12. The number of carbonyl (C=O) groups is 2. The molecule has 0 fully saturated rings. The molecule has 0 aliphatic carbocycles. The summed E-state index contributed by atoms with van der Waals surface area (Å²) in [5.41, 5.74) is 2.01. The summed E-state index contributed by atoms with van der Waals surface area (Å²) in [4.78, 5) is 28.5. The summed E-state index contributed by atoms with van der Waals surface area (Å²) in [6.45, 7) is 3.75. The average molecular weight is 392 g/mol. The molecule has 3 amide bonds. The standard InChI is InChI=1S/C22H24N4O3/c1-15(2)24-22(28)26-18-11-7-6-10-17(18)25-20(27)12-13-21-23-14-19(29-21)16-8-4-3-5-9-16/h3-11,14-15H,12-13H2,1-2H3,(H,25,27)(H2,24,26,28). The van der Waals surface area contributed by atoms with Crippen molar-refractivity contribution >= 4 is 23.3 Å². The molecule has 29 heavy (non-hydrogen) atoms. The van der Waals surface area contributed by atoms with E-state index in [4.69, 9.17) is 4.42 Å². The molecule has 3 rings (SSSR count). The minimum atomic E-state index is -0.324. The van der Waals surface area contributed by atoms with Crippen LogP contribution in [0.3, 0.4) is 0 Å². The molecular weight excluding hydrogens is 368 g/mol. The summed E-state index contributed by atoms with van der Waals surface area (Å²) in [6, 6.07) is 16.4. The monoisotopic (exact) mass is 392 g/mol. The van der Waals surface area contributed by atoms with E-state index >= 15 is 0 Å². The molecule has 3 aromatic rings. The lowest BCUT2D eigenvalue weighted by molar-refractivity contribution is -0.116. The molecule has 0 atom stereocenters. The second kappa shape index (κ2) is 9.54. The molecule has 1 heterocycles. The first-order valence-corrected chi connectivity index (χ1v) is 9.48. The molecule has 7 heteroatoms. The normalized spacial score (nSPS) is 10.6. The van der Waals surface area contributed by atoms with Gasteiger partial charge in [0.1, 0.15) is 0 Å². The van der Waals surface area contributed by atoms with Gasteiger partial charge in [0, 0.05) is 24.4 Å². The highest BCUT2D eigenvalue weighted by atomic mass is 16.4. The molecule has 0 unspecified atom stereocenters. The van der Waals surface area contributed by atoms with Crippen LogP contribution in [-0.4, -0.2) is 23.0 Å². The second-order valence-electron chi connectivity index (χ2n) is 6.83. The van der Waals surface area contributed by atoms with Gasteiger partial charge < -0.3 is 20.4 Å². The van der Waals surface area contributed by atoms with Gasteiger partial charge in [0.25, 0.3) is 0 Å². The maximum Gasteiger partial charge on any atom is 0.319 e. The van der Waals surface area contributed by atoms with Crippen LogP contribution in [-0.2, 0) is 11.2 Å². The third-order valence-electron chi connectivity index (χ3n) is 4.05. The number of anilines is 2. The molecule has 1 aromatic heterocycles. The van der Waals surface area contributed by atoms with E-state index in [1.165, 1.54) is 0 Å². The van der Waals surface area contributed by atoms with Crippen LogP contribution in [0.1, 0.15) is 26.2 Å². The van der Waals surface area contributed by atoms with Crippen LogP contribution in [0.4, 0.5) is 16.2 Å². The molecule has 0 saturated carbocycles. The smallest absolute Gasteiger partial charge is 0.319 e. The number of para-hydroxylation sites is 2. The molecule has 0 saturated heterocycles. The Kier molecular flexibility index (Phi) is 6.63. The number of benzene rings is 2. The summed E-state index contributed by atoms with van der Waals surface area (Å²) in [7, 11) is 0. The topological polar surface area (TPSA) is 96.3 Å². The fourth-order valence-corrected chi connectivity index (χ4v) is 2.72. The number of oxazole rings is 1. The number of aromatic nitrogens is 1. The third kappa shape index (κ3) is 5.93. The summed E-state index contributed by atoms with van der Waals surface area (Å²) in [5.74, 6) is 0.983. The van der Waals surface area contributed by atoms with Crippen molar-refractivity contribution in [3.8, 4) is 11.3 Å². The maximum atomic E-state index is 12.4. The number of urea groups is 1. The predicted molar refractivity (Wildman–Crippen MR) is 113 cm³/mol. The first-order chi connectivity index (χ1) is 14.0.